The van der Waals surface area contributed by atoms with Crippen LogP contribution in [0.15, 0.2) is 47.4 Å². The number of halogens is 1. The van der Waals surface area contributed by atoms with Gasteiger partial charge in [-0.25, -0.2) is 8.42 Å². The van der Waals surface area contributed by atoms with Gasteiger partial charge in [0.2, 0.25) is 0 Å². The van der Waals surface area contributed by atoms with Gasteiger partial charge in [-0.05, 0) is 71.5 Å². The molecule has 0 bridgehead atoms. The molecule has 0 unspecified atom stereocenters. The predicted molar refractivity (Wildman–Crippen MR) is 85.6 cm³/mol. The molecule has 0 atom stereocenters. The highest BCUT2D eigenvalue weighted by atomic mass is 127. The van der Waals surface area contributed by atoms with Gasteiger partial charge in [0.1, 0.15) is 0 Å². The topological polar surface area (TPSA) is 72.2 Å². The first-order chi connectivity index (χ1) is 8.88. The first-order valence-corrected chi connectivity index (χ1v) is 8.09. The van der Waals surface area contributed by atoms with Crippen molar-refractivity contribution in [2.45, 2.75) is 11.8 Å². The first-order valence-electron chi connectivity index (χ1n) is 5.53. The van der Waals surface area contributed by atoms with E-state index >= 15 is 0 Å². The smallest absolute Gasteiger partial charge is 0.261 e. The Balaban J connectivity index is 2.32. The molecular formula is C13H13IN2O2S. The minimum Gasteiger partial charge on any atom is -0.398 e. The lowest BCUT2D eigenvalue weighted by Gasteiger charge is -2.09. The van der Waals surface area contributed by atoms with E-state index in [1.807, 2.05) is 19.1 Å². The SMILES string of the molecule is Cc1ccc(S(=O)(=O)Nc2ccc(I)cc2)cc1N. The van der Waals surface area contributed by atoms with Crippen LogP contribution < -0.4 is 10.5 Å². The van der Waals surface area contributed by atoms with Crippen molar-refractivity contribution in [3.05, 3.63) is 51.6 Å². The minimum absolute atomic E-state index is 0.161. The first kappa shape index (κ1) is 14.1. The number of hydrogen-bond acceptors (Lipinski definition) is 3. The average molecular weight is 388 g/mol. The highest BCUT2D eigenvalue weighted by molar-refractivity contribution is 14.1. The molecule has 0 spiro atoms. The molecule has 0 saturated heterocycles. The number of nitrogen functional groups attached to an aromatic ring is 1. The van der Waals surface area contributed by atoms with Crippen molar-refractivity contribution < 1.29 is 8.42 Å². The Hall–Kier alpha value is -1.28. The summed E-state index contributed by atoms with van der Waals surface area (Å²) in [6, 6.07) is 11.8. The molecule has 6 heteroatoms. The predicted octanol–water partition coefficient (Wildman–Crippen LogP) is 2.98. The van der Waals surface area contributed by atoms with Crippen LogP contribution in [0, 0.1) is 10.5 Å². The maximum Gasteiger partial charge on any atom is 0.261 e. The van der Waals surface area contributed by atoms with Crippen LogP contribution in [-0.2, 0) is 10.0 Å². The summed E-state index contributed by atoms with van der Waals surface area (Å²) >= 11 is 2.16. The lowest BCUT2D eigenvalue weighted by atomic mass is 10.2. The van der Waals surface area contributed by atoms with Gasteiger partial charge in [-0.2, -0.15) is 0 Å². The summed E-state index contributed by atoms with van der Waals surface area (Å²) in [6.45, 7) is 1.83. The van der Waals surface area contributed by atoms with Gasteiger partial charge >= 0.3 is 0 Å². The van der Waals surface area contributed by atoms with E-state index in [1.54, 1.807) is 24.3 Å². The van der Waals surface area contributed by atoms with Crippen molar-refractivity contribution in [1.82, 2.24) is 0 Å². The fourth-order valence-corrected chi connectivity index (χ4v) is 2.97. The Morgan fingerprint density at radius 1 is 1.11 bits per heavy atom. The fourth-order valence-electron chi connectivity index (χ4n) is 1.52. The zero-order chi connectivity index (χ0) is 14.0. The molecular weight excluding hydrogens is 375 g/mol. The van der Waals surface area contributed by atoms with Crippen molar-refractivity contribution >= 4 is 44.0 Å². The molecule has 19 heavy (non-hydrogen) atoms. The molecule has 4 nitrogen and oxygen atoms in total. The Morgan fingerprint density at radius 3 is 2.32 bits per heavy atom. The summed E-state index contributed by atoms with van der Waals surface area (Å²) in [6.07, 6.45) is 0. The lowest BCUT2D eigenvalue weighted by Crippen LogP contribution is -2.13. The molecule has 0 aliphatic heterocycles. The van der Waals surface area contributed by atoms with E-state index in [1.165, 1.54) is 6.07 Å². The van der Waals surface area contributed by atoms with Gasteiger partial charge in [-0.3, -0.25) is 4.72 Å². The second-order valence-electron chi connectivity index (χ2n) is 4.13. The van der Waals surface area contributed by atoms with Gasteiger partial charge < -0.3 is 5.73 Å². The van der Waals surface area contributed by atoms with Crippen molar-refractivity contribution in [2.75, 3.05) is 10.5 Å². The zero-order valence-corrected chi connectivity index (χ0v) is 13.2. The van der Waals surface area contributed by atoms with Crippen molar-refractivity contribution in [1.29, 1.82) is 0 Å². The Bertz CT molecular complexity index is 697. The van der Waals surface area contributed by atoms with E-state index in [0.717, 1.165) is 9.13 Å². The molecule has 0 saturated carbocycles. The molecule has 3 N–H and O–H groups in total. The third-order valence-electron chi connectivity index (χ3n) is 2.66. The molecule has 2 aromatic rings. The van der Waals surface area contributed by atoms with Crippen LogP contribution >= 0.6 is 22.6 Å². The van der Waals surface area contributed by atoms with Gasteiger partial charge in [0.25, 0.3) is 10.0 Å². The largest absolute Gasteiger partial charge is 0.398 e. The summed E-state index contributed by atoms with van der Waals surface area (Å²) in [5.41, 5.74) is 7.58. The van der Waals surface area contributed by atoms with E-state index < -0.39 is 10.0 Å². The molecule has 0 amide bonds. The molecule has 0 radical (unpaired) electrons. The summed E-state index contributed by atoms with van der Waals surface area (Å²) in [7, 11) is -3.60. The second-order valence-corrected chi connectivity index (χ2v) is 7.06. The van der Waals surface area contributed by atoms with Crippen LogP contribution in [0.1, 0.15) is 5.56 Å². The average Bonchev–Trinajstić information content (AvgIpc) is 2.35. The zero-order valence-electron chi connectivity index (χ0n) is 10.2. The molecule has 0 aliphatic rings. The maximum atomic E-state index is 12.2. The molecule has 2 aromatic carbocycles. The molecule has 0 aliphatic carbocycles. The number of sulfonamides is 1. The number of rotatable bonds is 3. The van der Waals surface area contributed by atoms with E-state index in [4.69, 9.17) is 5.73 Å². The molecule has 0 fully saturated rings. The molecule has 0 heterocycles. The van der Waals surface area contributed by atoms with Gasteiger partial charge in [-0.1, -0.05) is 6.07 Å². The summed E-state index contributed by atoms with van der Waals surface area (Å²) in [5.74, 6) is 0. The van der Waals surface area contributed by atoms with Crippen molar-refractivity contribution in [3.8, 4) is 0 Å². The number of anilines is 2. The third-order valence-corrected chi connectivity index (χ3v) is 4.76. The number of aryl methyl sites for hydroxylation is 1. The third kappa shape index (κ3) is 3.38. The Labute approximate surface area is 126 Å². The van der Waals surface area contributed by atoms with Gasteiger partial charge in [0.15, 0.2) is 0 Å². The summed E-state index contributed by atoms with van der Waals surface area (Å²) < 4.78 is 27.9. The monoisotopic (exact) mass is 388 g/mol. The Kier molecular flexibility index (Phi) is 4.00. The lowest BCUT2D eigenvalue weighted by molar-refractivity contribution is 0.601. The van der Waals surface area contributed by atoms with Gasteiger partial charge in [0.05, 0.1) is 4.90 Å². The Morgan fingerprint density at radius 2 is 1.74 bits per heavy atom. The highest BCUT2D eigenvalue weighted by Crippen LogP contribution is 2.20. The summed E-state index contributed by atoms with van der Waals surface area (Å²) in [4.78, 5) is 0.161. The van der Waals surface area contributed by atoms with E-state index in [9.17, 15) is 8.42 Å². The van der Waals surface area contributed by atoms with E-state index in [-0.39, 0.29) is 4.90 Å². The molecule has 100 valence electrons. The highest BCUT2D eigenvalue weighted by Gasteiger charge is 2.14. The standard InChI is InChI=1S/C13H13IN2O2S/c1-9-2-7-12(8-13(9)15)19(17,18)16-11-5-3-10(14)4-6-11/h2-8,16H,15H2,1H3. The van der Waals surface area contributed by atoms with Crippen molar-refractivity contribution in [2.24, 2.45) is 0 Å². The summed E-state index contributed by atoms with van der Waals surface area (Å²) in [5, 5.41) is 0. The normalized spacial score (nSPS) is 11.3. The molecule has 0 aromatic heterocycles. The van der Waals surface area contributed by atoms with Crippen LogP contribution in [0.3, 0.4) is 0 Å². The van der Waals surface area contributed by atoms with Crippen molar-refractivity contribution in [3.63, 3.8) is 0 Å². The van der Waals surface area contributed by atoms with Crippen LogP contribution in [0.2, 0.25) is 0 Å². The number of nitrogens with one attached hydrogen (secondary N) is 1. The molecule has 2 rings (SSSR count). The van der Waals surface area contributed by atoms with Gasteiger partial charge in [0, 0.05) is 14.9 Å². The maximum absolute atomic E-state index is 12.2. The van der Waals surface area contributed by atoms with Crippen LogP contribution in [0.4, 0.5) is 11.4 Å². The second kappa shape index (κ2) is 5.38. The number of benzene rings is 2. The fraction of sp³-hybridized carbons (Fsp3) is 0.0769. The van der Waals surface area contributed by atoms with E-state index in [2.05, 4.69) is 27.3 Å². The van der Waals surface area contributed by atoms with Crippen LogP contribution in [0.25, 0.3) is 0 Å². The quantitative estimate of drug-likeness (QED) is 0.627. The minimum atomic E-state index is -3.60. The van der Waals surface area contributed by atoms with Crippen LogP contribution in [-0.4, -0.2) is 8.42 Å². The van der Waals surface area contributed by atoms with E-state index in [0.29, 0.717) is 11.4 Å². The number of hydrogen-bond donors (Lipinski definition) is 2. The van der Waals surface area contributed by atoms with Gasteiger partial charge in [-0.15, -0.1) is 0 Å². The van der Waals surface area contributed by atoms with Crippen LogP contribution in [0.5, 0.6) is 0 Å². The number of nitrogens with two attached hydrogens (primary N) is 1.